The molecule has 10 aliphatic carbocycles. The number of hydrogen-bond acceptors (Lipinski definition) is 4. The monoisotopic (exact) mass is 945 g/mol. The maximum absolute atomic E-state index is 13.2. The van der Waals surface area contributed by atoms with E-state index in [4.69, 9.17) is 13.1 Å². The van der Waals surface area contributed by atoms with Gasteiger partial charge in [0.1, 0.15) is 0 Å². The molecule has 0 heterocycles. The van der Waals surface area contributed by atoms with Crippen molar-refractivity contribution >= 4 is 17.5 Å². The molecule has 0 radical (unpaired) electrons. The number of aliphatic hydroxyl groups is 1. The molecule has 0 amide bonds. The van der Waals surface area contributed by atoms with Gasteiger partial charge >= 0.3 is 5.97 Å². The van der Waals surface area contributed by atoms with Crippen molar-refractivity contribution in [2.75, 3.05) is 6.61 Å². The summed E-state index contributed by atoms with van der Waals surface area (Å²) in [7, 11) is 0. The summed E-state index contributed by atoms with van der Waals surface area (Å²) in [6.07, 6.45) is 21.7. The van der Waals surface area contributed by atoms with E-state index in [0.29, 0.717) is 71.3 Å². The molecule has 0 aromatic heterocycles. The fourth-order valence-corrected chi connectivity index (χ4v) is 22.7. The fourth-order valence-electron chi connectivity index (χ4n) is 22.7. The van der Waals surface area contributed by atoms with Crippen LogP contribution in [0, 0.1) is 138 Å². The van der Waals surface area contributed by atoms with E-state index in [-0.39, 0.29) is 61.3 Å². The molecule has 0 aromatic rings. The lowest BCUT2D eigenvalue weighted by molar-refractivity contribution is -0.224. The van der Waals surface area contributed by atoms with Crippen molar-refractivity contribution in [1.29, 1.82) is 0 Å². The highest BCUT2D eigenvalue weighted by Gasteiger charge is 2.74. The number of nitrogens with zero attached hydrogens (tertiary/aromatic N) is 2. The minimum atomic E-state index is -0.548. The zero-order valence-corrected chi connectivity index (χ0v) is 45.6. The van der Waals surface area contributed by atoms with E-state index < -0.39 is 22.2 Å². The van der Waals surface area contributed by atoms with Crippen LogP contribution in [0.25, 0.3) is 9.69 Å². The second-order valence-corrected chi connectivity index (χ2v) is 29.4. The number of rotatable bonds is 4. The Morgan fingerprint density at radius 2 is 0.971 bits per heavy atom. The maximum atomic E-state index is 13.2. The number of Topliss-reactive ketones (excluding diaryl/α,β-unsaturated/α-hetero) is 2. The zero-order valence-electron chi connectivity index (χ0n) is 45.6. The normalized spacial score (nSPS) is 50.9. The van der Waals surface area contributed by atoms with Crippen LogP contribution < -0.4 is 0 Å². The highest BCUT2D eigenvalue weighted by molar-refractivity contribution is 6.03. The van der Waals surface area contributed by atoms with Gasteiger partial charge in [-0.3, -0.25) is 4.79 Å². The molecule has 8 fully saturated rings. The largest absolute Gasteiger partial charge is 0.481 e. The molecule has 2 N–H and O–H groups in total. The molecular weight excluding hydrogens is 853 g/mol. The predicted molar refractivity (Wildman–Crippen MR) is 274 cm³/mol. The standard InChI is InChI=1S/C31H45NO3.C31H47NO2/c1-18(2)19-11-14-31(26(34)35)16-15-29(6)20(24(19)31)9-10-23-28(5)17-21(32-8)25(33)27(3,4)22(28)12-13-30(23,29)7;1-19(2)20-11-14-31(18-33)16-15-29(6)21(25(20)31)9-10-24-28(5)17-22(32-8)26(34)27(3,4)23(28)12-13-30(24,29)7/h17-20,22-24H,9-16H2,1-7H3,(H,34,35);17,19-21,23-25,33H,9-16,18H2,1-7H3/t19-,20+,22-,23+,24+,28-,29+,30+,31-;20-,21+,23-,24+,25+,28-,29+,30+,31+/m00/s1. The third kappa shape index (κ3) is 6.38. The highest BCUT2D eigenvalue weighted by Crippen LogP contribution is 2.79. The predicted octanol–water partition coefficient (Wildman–Crippen LogP) is 14.7. The van der Waals surface area contributed by atoms with Gasteiger partial charge in [-0.2, -0.15) is 0 Å². The molecule has 0 spiro atoms. The Morgan fingerprint density at radius 3 is 1.39 bits per heavy atom. The summed E-state index contributed by atoms with van der Waals surface area (Å²) in [4.78, 5) is 46.7. The number of hydrogen-bond donors (Lipinski definition) is 2. The second kappa shape index (κ2) is 16.1. The Morgan fingerprint density at radius 1 is 0.551 bits per heavy atom. The molecule has 69 heavy (non-hydrogen) atoms. The lowest BCUT2D eigenvalue weighted by Crippen LogP contribution is -2.66. The number of allylic oxidation sites excluding steroid dienone is 4. The highest BCUT2D eigenvalue weighted by atomic mass is 16.4. The summed E-state index contributed by atoms with van der Waals surface area (Å²) in [5.41, 5.74) is -0.303. The van der Waals surface area contributed by atoms with E-state index in [0.717, 1.165) is 63.7 Å². The van der Waals surface area contributed by atoms with E-state index in [2.05, 4.69) is 119 Å². The van der Waals surface area contributed by atoms with Crippen molar-refractivity contribution in [2.45, 2.75) is 200 Å². The molecule has 0 unspecified atom stereocenters. The van der Waals surface area contributed by atoms with Crippen LogP contribution in [0.15, 0.2) is 23.5 Å². The molecule has 10 rings (SSSR count). The Balaban J connectivity index is 0.000000172. The number of carboxylic acid groups (broad SMARTS) is 1. The van der Waals surface area contributed by atoms with Gasteiger partial charge in [-0.05, 0) is 212 Å². The van der Waals surface area contributed by atoms with Crippen molar-refractivity contribution < 1.29 is 24.6 Å². The first-order chi connectivity index (χ1) is 32.0. The van der Waals surface area contributed by atoms with Gasteiger partial charge in [-0.15, -0.1) is 0 Å². The lowest BCUT2D eigenvalue weighted by Gasteiger charge is -2.72. The number of fused-ring (bicyclic) bond motifs is 14. The number of aliphatic hydroxyl groups excluding tert-OH is 1. The van der Waals surface area contributed by atoms with Gasteiger partial charge in [-0.1, -0.05) is 109 Å². The summed E-state index contributed by atoms with van der Waals surface area (Å²) in [6.45, 7) is 48.6. The third-order valence-corrected chi connectivity index (χ3v) is 26.5. The van der Waals surface area contributed by atoms with E-state index in [9.17, 15) is 24.6 Å². The quantitative estimate of drug-likeness (QED) is 0.274. The van der Waals surface area contributed by atoms with Crippen LogP contribution in [0.3, 0.4) is 0 Å². The first-order valence-electron chi connectivity index (χ1n) is 28.2. The molecule has 0 saturated heterocycles. The van der Waals surface area contributed by atoms with Crippen LogP contribution in [-0.4, -0.2) is 34.4 Å². The van der Waals surface area contributed by atoms with Gasteiger partial charge in [0.05, 0.1) is 18.6 Å². The zero-order chi connectivity index (χ0) is 50.7. The minimum Gasteiger partial charge on any atom is -0.481 e. The van der Waals surface area contributed by atoms with E-state index in [1.54, 1.807) is 0 Å². The van der Waals surface area contributed by atoms with Gasteiger partial charge < -0.3 is 19.8 Å². The van der Waals surface area contributed by atoms with Crippen LogP contribution in [0.4, 0.5) is 0 Å². The van der Waals surface area contributed by atoms with Gasteiger partial charge in [0.2, 0.25) is 11.4 Å². The fraction of sp³-hybridized carbons (Fsp3) is 0.855. The third-order valence-electron chi connectivity index (χ3n) is 26.5. The van der Waals surface area contributed by atoms with Crippen molar-refractivity contribution in [3.63, 3.8) is 0 Å². The minimum absolute atomic E-state index is 0.0214. The van der Waals surface area contributed by atoms with E-state index >= 15 is 0 Å². The van der Waals surface area contributed by atoms with Crippen LogP contribution in [0.1, 0.15) is 200 Å². The average molecular weight is 945 g/mol. The first kappa shape index (κ1) is 51.1. The van der Waals surface area contributed by atoms with Gasteiger partial charge in [0.15, 0.2) is 11.6 Å². The number of aliphatic carboxylic acids is 1. The van der Waals surface area contributed by atoms with Gasteiger partial charge in [0, 0.05) is 17.4 Å². The Bertz CT molecular complexity index is 2310. The molecule has 380 valence electrons. The number of carbonyl (C=O) groups is 3. The molecule has 10 aliphatic rings. The summed E-state index contributed by atoms with van der Waals surface area (Å²) in [6, 6.07) is 0. The van der Waals surface area contributed by atoms with Crippen molar-refractivity contribution in [3.8, 4) is 0 Å². The average Bonchev–Trinajstić information content (AvgIpc) is 3.88. The van der Waals surface area contributed by atoms with Crippen molar-refractivity contribution in [2.24, 2.45) is 125 Å². The summed E-state index contributed by atoms with van der Waals surface area (Å²) < 4.78 is 0. The SMILES string of the molecule is [C-]#[N+]C1=C[C@]2(C)[C@H]3CC[C@@H]4[C@H]5[C@H](C(C)C)CC[C@]5(C(=O)O)CC[C@@]4(C)[C@]3(C)CC[C@H]2C(C)(C)C1=O.[C-]#[N+]C1=C[C@]2(C)[C@H]3CC[C@@H]4[C@H]5[C@H](C(C)C)CC[C@]5(CO)CC[C@@]4(C)[C@]3(C)CC[C@H]2C(C)(C)C1=O. The first-order valence-corrected chi connectivity index (χ1v) is 28.2. The topological polar surface area (TPSA) is 100 Å². The van der Waals surface area contributed by atoms with Gasteiger partial charge in [-0.25, -0.2) is 9.69 Å². The molecule has 0 bridgehead atoms. The molecule has 7 heteroatoms. The Hall–Kier alpha value is -2.77. The molecule has 0 aromatic carbocycles. The van der Waals surface area contributed by atoms with Crippen molar-refractivity contribution in [3.05, 3.63) is 46.4 Å². The molecule has 7 nitrogen and oxygen atoms in total. The summed E-state index contributed by atoms with van der Waals surface area (Å²) in [5, 5.41) is 21.2. The van der Waals surface area contributed by atoms with Crippen molar-refractivity contribution in [1.82, 2.24) is 0 Å². The van der Waals surface area contributed by atoms with Crippen LogP contribution in [0.2, 0.25) is 0 Å². The lowest BCUT2D eigenvalue weighted by atomic mass is 9.33. The smallest absolute Gasteiger partial charge is 0.309 e. The number of carbonyl (C=O) groups excluding carboxylic acids is 2. The molecule has 8 saturated carbocycles. The summed E-state index contributed by atoms with van der Waals surface area (Å²) in [5.74, 6) is 5.42. The molecule has 0 aliphatic heterocycles. The van der Waals surface area contributed by atoms with Crippen LogP contribution >= 0.6 is 0 Å². The number of carboxylic acids is 1. The second-order valence-electron chi connectivity index (χ2n) is 29.4. The molecule has 18 atom stereocenters. The van der Waals surface area contributed by atoms with Gasteiger partial charge in [0.25, 0.3) is 0 Å². The number of ketones is 2. The molecular formula is C62H92N2O5. The Labute approximate surface area is 418 Å². The summed E-state index contributed by atoms with van der Waals surface area (Å²) >= 11 is 0. The maximum Gasteiger partial charge on any atom is 0.309 e. The van der Waals surface area contributed by atoms with E-state index in [1.807, 2.05) is 0 Å². The van der Waals surface area contributed by atoms with Crippen LogP contribution in [0.5, 0.6) is 0 Å². The van der Waals surface area contributed by atoms with Crippen LogP contribution in [-0.2, 0) is 14.4 Å². The Kier molecular flexibility index (Phi) is 11.9. The van der Waals surface area contributed by atoms with E-state index in [1.165, 1.54) is 44.9 Å².